The molecule has 3 aliphatic rings. The molecule has 0 bridgehead atoms. The van der Waals surface area contributed by atoms with Crippen molar-refractivity contribution >= 4 is 28.7 Å². The van der Waals surface area contributed by atoms with Crippen LogP contribution in [0.15, 0.2) is 30.3 Å². The quantitative estimate of drug-likeness (QED) is 0.127. The molecule has 5 unspecified atom stereocenters. The van der Waals surface area contributed by atoms with Gasteiger partial charge in [-0.05, 0) is 40.0 Å². The molecule has 0 aliphatic carbocycles. The van der Waals surface area contributed by atoms with Gasteiger partial charge < -0.3 is 58.9 Å². The lowest BCUT2D eigenvalue weighted by Crippen LogP contribution is -2.65. The number of amides is 1. The number of hydrogen-bond acceptors (Lipinski definition) is 12. The summed E-state index contributed by atoms with van der Waals surface area (Å²) in [6.07, 6.45) is -10.5. The molecule has 43 heavy (non-hydrogen) atoms. The van der Waals surface area contributed by atoms with Crippen LogP contribution in [0.25, 0.3) is 0 Å². The summed E-state index contributed by atoms with van der Waals surface area (Å²) in [5.41, 5.74) is 0.220. The van der Waals surface area contributed by atoms with Crippen molar-refractivity contribution in [2.75, 3.05) is 24.2 Å². The number of nitrogens with one attached hydrogen (secondary N) is 1. The van der Waals surface area contributed by atoms with E-state index >= 15 is 0 Å². The van der Waals surface area contributed by atoms with Gasteiger partial charge in [0.1, 0.15) is 48.3 Å². The fourth-order valence-corrected chi connectivity index (χ4v) is 5.78. The molecular formula is C29H44INO12. The predicted octanol–water partition coefficient (Wildman–Crippen LogP) is 1.53. The van der Waals surface area contributed by atoms with Crippen molar-refractivity contribution in [2.24, 2.45) is 0 Å². The van der Waals surface area contributed by atoms with Gasteiger partial charge in [0.25, 0.3) is 0 Å². The highest BCUT2D eigenvalue weighted by molar-refractivity contribution is 14.1. The average Bonchev–Trinajstić information content (AvgIpc) is 2.97. The summed E-state index contributed by atoms with van der Waals surface area (Å²) in [5, 5.41) is 46.1. The van der Waals surface area contributed by atoms with E-state index in [4.69, 9.17) is 33.2 Å². The maximum Gasteiger partial charge on any atom is 0.407 e. The lowest BCUT2D eigenvalue weighted by atomic mass is 9.96. The largest absolute Gasteiger partial charge is 0.444 e. The Morgan fingerprint density at radius 1 is 0.953 bits per heavy atom. The first-order valence-electron chi connectivity index (χ1n) is 14.6. The molecule has 3 fully saturated rings. The van der Waals surface area contributed by atoms with E-state index in [1.807, 2.05) is 30.3 Å². The fourth-order valence-electron chi connectivity index (χ4n) is 5.07. The van der Waals surface area contributed by atoms with E-state index in [2.05, 4.69) is 27.9 Å². The van der Waals surface area contributed by atoms with Crippen molar-refractivity contribution in [2.45, 2.75) is 113 Å². The summed E-state index contributed by atoms with van der Waals surface area (Å²) < 4.78 is 40.8. The van der Waals surface area contributed by atoms with Crippen LogP contribution in [-0.2, 0) is 33.2 Å². The monoisotopic (exact) mass is 725 g/mol. The number of hydrogen-bond donors (Lipinski definition) is 5. The standard InChI is InChI=1S/C29H44INO12/c1-29(2,3)43-28(36)31-12-8-5-9-13-37-26-21(34)19(32)23(17(14-30)39-26)42-27-22(35)20(33)24-18(40-27)15-38-25(41-24)16-10-6-4-7-11-16/h4,6-7,10-11,17-27,32-35H,5,8-9,12-15H2,1-3H3,(H,31,36)/t17?,18?,19-,20-,21?,22?,23-,24+,25?,26-,27+/m1/s1. The third kappa shape index (κ3) is 9.42. The van der Waals surface area contributed by atoms with Crippen molar-refractivity contribution in [3.05, 3.63) is 35.9 Å². The number of aliphatic hydroxyl groups is 4. The van der Waals surface area contributed by atoms with E-state index in [9.17, 15) is 25.2 Å². The normalized spacial score (nSPS) is 36.5. The summed E-state index contributed by atoms with van der Waals surface area (Å²) in [4.78, 5) is 11.7. The molecule has 4 rings (SSSR count). The minimum Gasteiger partial charge on any atom is -0.444 e. The van der Waals surface area contributed by atoms with Gasteiger partial charge in [-0.25, -0.2) is 4.79 Å². The molecule has 14 heteroatoms. The molecule has 13 nitrogen and oxygen atoms in total. The second kappa shape index (κ2) is 15.9. The Hall–Kier alpha value is -1.18. The van der Waals surface area contributed by atoms with E-state index in [0.29, 0.717) is 23.8 Å². The molecule has 3 aliphatic heterocycles. The molecule has 1 aromatic rings. The molecule has 1 amide bonds. The van der Waals surface area contributed by atoms with Gasteiger partial charge in [0, 0.05) is 23.1 Å². The number of alkyl halides is 1. The highest BCUT2D eigenvalue weighted by Crippen LogP contribution is 2.36. The molecule has 0 radical (unpaired) electrons. The zero-order valence-electron chi connectivity index (χ0n) is 24.6. The van der Waals surface area contributed by atoms with Crippen LogP contribution in [0.1, 0.15) is 51.9 Å². The molecule has 3 saturated heterocycles. The lowest BCUT2D eigenvalue weighted by Gasteiger charge is -2.48. The van der Waals surface area contributed by atoms with Gasteiger partial charge >= 0.3 is 6.09 Å². The van der Waals surface area contributed by atoms with E-state index in [0.717, 1.165) is 12.0 Å². The van der Waals surface area contributed by atoms with Gasteiger partial charge in [-0.1, -0.05) is 52.9 Å². The first-order valence-corrected chi connectivity index (χ1v) is 16.2. The summed E-state index contributed by atoms with van der Waals surface area (Å²) in [5.74, 6) is 0. The third-order valence-corrected chi connectivity index (χ3v) is 8.13. The Bertz CT molecular complexity index is 995. The van der Waals surface area contributed by atoms with Gasteiger partial charge in [-0.2, -0.15) is 0 Å². The van der Waals surface area contributed by atoms with Crippen molar-refractivity contribution in [1.29, 1.82) is 0 Å². The summed E-state index contributed by atoms with van der Waals surface area (Å²) >= 11 is 2.07. The number of rotatable bonds is 11. The molecule has 0 aromatic heterocycles. The smallest absolute Gasteiger partial charge is 0.407 e. The van der Waals surface area contributed by atoms with Crippen LogP contribution in [-0.4, -0.2) is 118 Å². The molecule has 5 N–H and O–H groups in total. The first-order chi connectivity index (χ1) is 20.5. The SMILES string of the molecule is CC(C)(C)OC(=O)NCCCCCO[C@@H]1OC(CI)[C@@H](O[C@@H]2OC3COC(c4ccccc4)O[C@@H]3[C@H](O)C2O)[C@H](O)C1O. The van der Waals surface area contributed by atoms with Crippen LogP contribution >= 0.6 is 22.6 Å². The third-order valence-electron chi connectivity index (χ3n) is 7.26. The number of carbonyl (C=O) groups is 1. The van der Waals surface area contributed by atoms with Crippen LogP contribution in [0, 0.1) is 0 Å². The molecular weight excluding hydrogens is 681 g/mol. The predicted molar refractivity (Wildman–Crippen MR) is 159 cm³/mol. The lowest BCUT2D eigenvalue weighted by molar-refractivity contribution is -0.383. The second-order valence-corrected chi connectivity index (χ2v) is 12.7. The molecule has 0 spiro atoms. The number of ether oxygens (including phenoxy) is 7. The summed E-state index contributed by atoms with van der Waals surface area (Å²) in [7, 11) is 0. The number of benzene rings is 1. The van der Waals surface area contributed by atoms with E-state index in [1.165, 1.54) is 0 Å². The fraction of sp³-hybridized carbons (Fsp3) is 0.759. The number of unbranched alkanes of at least 4 members (excludes halogenated alkanes) is 2. The molecule has 244 valence electrons. The number of fused-ring (bicyclic) bond motifs is 1. The van der Waals surface area contributed by atoms with Gasteiger partial charge in [0.15, 0.2) is 18.9 Å². The average molecular weight is 726 g/mol. The minimum absolute atomic E-state index is 0.0862. The van der Waals surface area contributed by atoms with Gasteiger partial charge in [0.2, 0.25) is 0 Å². The zero-order chi connectivity index (χ0) is 31.1. The van der Waals surface area contributed by atoms with E-state index in [-0.39, 0.29) is 13.2 Å². The van der Waals surface area contributed by atoms with Gasteiger partial charge in [-0.15, -0.1) is 0 Å². The Morgan fingerprint density at radius 2 is 1.67 bits per heavy atom. The molecule has 3 heterocycles. The highest BCUT2D eigenvalue weighted by atomic mass is 127. The van der Waals surface area contributed by atoms with Crippen LogP contribution in [0.3, 0.4) is 0 Å². The molecule has 1 aromatic carbocycles. The Morgan fingerprint density at radius 3 is 2.37 bits per heavy atom. The van der Waals surface area contributed by atoms with E-state index < -0.39 is 79.4 Å². The maximum atomic E-state index is 11.7. The summed E-state index contributed by atoms with van der Waals surface area (Å²) in [6, 6.07) is 9.25. The highest BCUT2D eigenvalue weighted by Gasteiger charge is 2.52. The number of alkyl carbamates (subject to hydrolysis) is 1. The minimum atomic E-state index is -1.49. The maximum absolute atomic E-state index is 11.7. The topological polar surface area (TPSA) is 175 Å². The van der Waals surface area contributed by atoms with Crippen LogP contribution in [0.5, 0.6) is 0 Å². The van der Waals surface area contributed by atoms with Gasteiger partial charge in [0.05, 0.1) is 12.7 Å². The van der Waals surface area contributed by atoms with Gasteiger partial charge in [-0.3, -0.25) is 0 Å². The van der Waals surface area contributed by atoms with Crippen molar-refractivity contribution in [3.8, 4) is 0 Å². The number of carbonyl (C=O) groups excluding carboxylic acids is 1. The van der Waals surface area contributed by atoms with Crippen LogP contribution in [0.2, 0.25) is 0 Å². The van der Waals surface area contributed by atoms with Crippen LogP contribution < -0.4 is 5.32 Å². The van der Waals surface area contributed by atoms with Crippen LogP contribution in [0.4, 0.5) is 4.79 Å². The number of aliphatic hydroxyl groups excluding tert-OH is 4. The second-order valence-electron chi connectivity index (χ2n) is 11.8. The van der Waals surface area contributed by atoms with Crippen molar-refractivity contribution in [3.63, 3.8) is 0 Å². The first kappa shape index (κ1) is 34.7. The Labute approximate surface area is 265 Å². The summed E-state index contributed by atoms with van der Waals surface area (Å²) in [6.45, 7) is 6.22. The molecule has 0 saturated carbocycles. The number of halogens is 1. The van der Waals surface area contributed by atoms with E-state index in [1.54, 1.807) is 20.8 Å². The van der Waals surface area contributed by atoms with Crippen molar-refractivity contribution in [1.82, 2.24) is 5.32 Å². The van der Waals surface area contributed by atoms with Crippen molar-refractivity contribution < 1.29 is 58.4 Å². The Kier molecular flexibility index (Phi) is 12.8. The molecule has 11 atom stereocenters. The zero-order valence-corrected chi connectivity index (χ0v) is 26.8. The Balaban J connectivity index is 1.23.